The number of thioether (sulfide) groups is 1. The average Bonchev–Trinajstić information content (AvgIpc) is 2.39. The van der Waals surface area contributed by atoms with Gasteiger partial charge in [0.25, 0.3) is 0 Å². The van der Waals surface area contributed by atoms with Crippen LogP contribution in [0, 0.1) is 18.3 Å². The van der Waals surface area contributed by atoms with Gasteiger partial charge in [-0.1, -0.05) is 48.0 Å². The molecule has 0 aromatic heterocycles. The van der Waals surface area contributed by atoms with Gasteiger partial charge >= 0.3 is 0 Å². The Kier molecular flexibility index (Phi) is 4.44. The van der Waals surface area contributed by atoms with Crippen LogP contribution in [0.1, 0.15) is 22.3 Å². The summed E-state index contributed by atoms with van der Waals surface area (Å²) in [5.41, 5.74) is 4.55. The van der Waals surface area contributed by atoms with Crippen LogP contribution in [-0.4, -0.2) is 0 Å². The van der Waals surface area contributed by atoms with Crippen molar-refractivity contribution in [1.29, 1.82) is 5.26 Å². The molecule has 0 saturated carbocycles. The van der Waals surface area contributed by atoms with Gasteiger partial charge in [-0.25, -0.2) is 0 Å². The molecular weight excluding hydrogens is 238 g/mol. The monoisotopic (exact) mass is 253 g/mol. The highest BCUT2D eigenvalue weighted by Crippen LogP contribution is 2.20. The zero-order chi connectivity index (χ0) is 12.8. The van der Waals surface area contributed by atoms with E-state index in [0.29, 0.717) is 0 Å². The summed E-state index contributed by atoms with van der Waals surface area (Å²) >= 11 is 1.85. The normalized spacial score (nSPS) is 10.0. The maximum atomic E-state index is 9.01. The van der Waals surface area contributed by atoms with Gasteiger partial charge in [-0.05, 0) is 24.1 Å². The minimum Gasteiger partial charge on any atom is -0.192 e. The molecule has 18 heavy (non-hydrogen) atoms. The van der Waals surface area contributed by atoms with Crippen molar-refractivity contribution in [2.45, 2.75) is 18.4 Å². The lowest BCUT2D eigenvalue weighted by molar-refractivity contribution is 1.32. The minimum atomic E-state index is 0.786. The molecular formula is C16H15NS. The lowest BCUT2D eigenvalue weighted by Crippen LogP contribution is -1.88. The third-order valence-electron chi connectivity index (χ3n) is 2.75. The van der Waals surface area contributed by atoms with Gasteiger partial charge < -0.3 is 0 Å². The molecule has 0 amide bonds. The first kappa shape index (κ1) is 12.7. The Bertz CT molecular complexity index is 569. The van der Waals surface area contributed by atoms with Crippen LogP contribution < -0.4 is 0 Å². The molecule has 0 heterocycles. The number of aryl methyl sites for hydroxylation is 1. The van der Waals surface area contributed by atoms with Crippen LogP contribution in [0.2, 0.25) is 0 Å². The Hall–Kier alpha value is -1.72. The number of hydrogen-bond acceptors (Lipinski definition) is 2. The van der Waals surface area contributed by atoms with Crippen molar-refractivity contribution in [2.75, 3.05) is 0 Å². The van der Waals surface area contributed by atoms with Crippen LogP contribution in [-0.2, 0) is 11.5 Å². The van der Waals surface area contributed by atoms with E-state index < -0.39 is 0 Å². The van der Waals surface area contributed by atoms with E-state index in [0.717, 1.165) is 22.6 Å². The van der Waals surface area contributed by atoms with Gasteiger partial charge in [-0.2, -0.15) is 17.0 Å². The largest absolute Gasteiger partial charge is 0.192 e. The molecule has 0 radical (unpaired) electrons. The Balaban J connectivity index is 1.95. The first-order chi connectivity index (χ1) is 8.79. The van der Waals surface area contributed by atoms with E-state index in [1.165, 1.54) is 11.1 Å². The molecule has 0 aliphatic heterocycles. The van der Waals surface area contributed by atoms with Crippen molar-refractivity contribution in [2.24, 2.45) is 0 Å². The number of nitrogens with zero attached hydrogens (tertiary/aromatic N) is 1. The average molecular weight is 253 g/mol. The number of benzene rings is 2. The fraction of sp³-hybridized carbons (Fsp3) is 0.188. The molecule has 0 unspecified atom stereocenters. The predicted molar refractivity (Wildman–Crippen MR) is 77.3 cm³/mol. The molecule has 0 saturated heterocycles. The summed E-state index contributed by atoms with van der Waals surface area (Å²) in [7, 11) is 0. The molecule has 0 N–H and O–H groups in total. The summed E-state index contributed by atoms with van der Waals surface area (Å²) in [4.78, 5) is 0. The highest BCUT2D eigenvalue weighted by molar-refractivity contribution is 7.97. The summed E-state index contributed by atoms with van der Waals surface area (Å²) in [5.74, 6) is 1.87. The Morgan fingerprint density at radius 3 is 2.67 bits per heavy atom. The second-order valence-electron chi connectivity index (χ2n) is 4.25. The lowest BCUT2D eigenvalue weighted by Gasteiger charge is -2.05. The Labute approximate surface area is 112 Å². The van der Waals surface area contributed by atoms with E-state index in [9.17, 15) is 0 Å². The van der Waals surface area contributed by atoms with Crippen molar-refractivity contribution in [3.05, 3.63) is 70.8 Å². The van der Waals surface area contributed by atoms with Crippen molar-refractivity contribution < 1.29 is 0 Å². The zero-order valence-electron chi connectivity index (χ0n) is 10.4. The van der Waals surface area contributed by atoms with Crippen molar-refractivity contribution >= 4 is 11.8 Å². The van der Waals surface area contributed by atoms with E-state index in [2.05, 4.69) is 37.3 Å². The summed E-state index contributed by atoms with van der Waals surface area (Å²) in [6, 6.07) is 18.6. The highest BCUT2D eigenvalue weighted by Gasteiger charge is 2.01. The van der Waals surface area contributed by atoms with Crippen molar-refractivity contribution in [1.82, 2.24) is 0 Å². The van der Waals surface area contributed by atoms with E-state index >= 15 is 0 Å². The molecule has 2 heteroatoms. The van der Waals surface area contributed by atoms with E-state index in [1.807, 2.05) is 36.0 Å². The van der Waals surface area contributed by atoms with Gasteiger partial charge in [0, 0.05) is 11.5 Å². The molecule has 1 nitrogen and oxygen atoms in total. The number of hydrogen-bond donors (Lipinski definition) is 0. The number of rotatable bonds is 4. The summed E-state index contributed by atoms with van der Waals surface area (Å²) in [5, 5.41) is 9.01. The smallest absolute Gasteiger partial charge is 0.0994 e. The van der Waals surface area contributed by atoms with Crippen LogP contribution in [0.15, 0.2) is 48.5 Å². The highest BCUT2D eigenvalue weighted by atomic mass is 32.2. The summed E-state index contributed by atoms with van der Waals surface area (Å²) < 4.78 is 0. The molecule has 2 aromatic rings. The van der Waals surface area contributed by atoms with Gasteiger partial charge in [-0.3, -0.25) is 0 Å². The minimum absolute atomic E-state index is 0.786. The van der Waals surface area contributed by atoms with E-state index in [4.69, 9.17) is 5.26 Å². The van der Waals surface area contributed by atoms with Crippen LogP contribution in [0.25, 0.3) is 0 Å². The standard InChI is InChI=1S/C16H15NS/c1-13-5-4-6-14(9-13)11-18-12-16-8-3-2-7-15(16)10-17/h2-9H,11-12H2,1H3. The fourth-order valence-corrected chi connectivity index (χ4v) is 2.82. The van der Waals surface area contributed by atoms with Gasteiger partial charge in [0.1, 0.15) is 0 Å². The van der Waals surface area contributed by atoms with Gasteiger partial charge in [-0.15, -0.1) is 0 Å². The van der Waals surface area contributed by atoms with Gasteiger partial charge in [0.05, 0.1) is 11.6 Å². The maximum Gasteiger partial charge on any atom is 0.0994 e. The molecule has 2 rings (SSSR count). The third kappa shape index (κ3) is 3.38. The Morgan fingerprint density at radius 2 is 1.89 bits per heavy atom. The second-order valence-corrected chi connectivity index (χ2v) is 5.24. The lowest BCUT2D eigenvalue weighted by atomic mass is 10.1. The molecule has 0 bridgehead atoms. The predicted octanol–water partition coefficient (Wildman–Crippen LogP) is 4.30. The molecule has 0 aliphatic rings. The van der Waals surface area contributed by atoms with Crippen LogP contribution >= 0.6 is 11.8 Å². The second kappa shape index (κ2) is 6.28. The quantitative estimate of drug-likeness (QED) is 0.811. The number of nitriles is 1. The molecule has 0 fully saturated rings. The Morgan fingerprint density at radius 1 is 1.06 bits per heavy atom. The third-order valence-corrected chi connectivity index (χ3v) is 3.80. The van der Waals surface area contributed by atoms with Gasteiger partial charge in [0.15, 0.2) is 0 Å². The van der Waals surface area contributed by atoms with Crippen molar-refractivity contribution in [3.8, 4) is 6.07 Å². The van der Waals surface area contributed by atoms with Gasteiger partial charge in [0.2, 0.25) is 0 Å². The first-order valence-corrected chi connectivity index (χ1v) is 7.06. The maximum absolute atomic E-state index is 9.01. The summed E-state index contributed by atoms with van der Waals surface area (Å²) in [6.07, 6.45) is 0. The van der Waals surface area contributed by atoms with Crippen LogP contribution in [0.4, 0.5) is 0 Å². The molecule has 0 atom stereocenters. The SMILES string of the molecule is Cc1cccc(CSCc2ccccc2C#N)c1. The molecule has 90 valence electrons. The van der Waals surface area contributed by atoms with Crippen LogP contribution in [0.3, 0.4) is 0 Å². The topological polar surface area (TPSA) is 23.8 Å². The van der Waals surface area contributed by atoms with E-state index in [1.54, 1.807) is 0 Å². The van der Waals surface area contributed by atoms with E-state index in [-0.39, 0.29) is 0 Å². The first-order valence-electron chi connectivity index (χ1n) is 5.91. The fourth-order valence-electron chi connectivity index (χ4n) is 1.84. The van der Waals surface area contributed by atoms with Crippen molar-refractivity contribution in [3.63, 3.8) is 0 Å². The van der Waals surface area contributed by atoms with Crippen LogP contribution in [0.5, 0.6) is 0 Å². The molecule has 0 spiro atoms. The molecule has 0 aliphatic carbocycles. The summed E-state index contributed by atoms with van der Waals surface area (Å²) in [6.45, 7) is 2.11. The zero-order valence-corrected chi connectivity index (χ0v) is 11.2. The molecule has 2 aromatic carbocycles.